The molecule has 0 radical (unpaired) electrons. The Morgan fingerprint density at radius 1 is 1.50 bits per heavy atom. The summed E-state index contributed by atoms with van der Waals surface area (Å²) in [6.45, 7) is 0.559. The number of ether oxygens (including phenoxy) is 1. The smallest absolute Gasteiger partial charge is 0.435 e. The molecule has 0 aliphatic carbocycles. The third-order valence-electron chi connectivity index (χ3n) is 2.65. The number of carbonyl (C=O) groups is 1. The van der Waals surface area contributed by atoms with E-state index in [1.807, 2.05) is 0 Å². The molecule has 0 bridgehead atoms. The van der Waals surface area contributed by atoms with Crippen LogP contribution >= 0.6 is 0 Å². The first-order valence-electron chi connectivity index (χ1n) is 5.24. The quantitative estimate of drug-likeness (QED) is 0.873. The minimum absolute atomic E-state index is 0.0749. The van der Waals surface area contributed by atoms with Crippen LogP contribution in [0.2, 0.25) is 0 Å². The number of alkyl halides is 3. The summed E-state index contributed by atoms with van der Waals surface area (Å²) in [7, 11) is 0. The van der Waals surface area contributed by atoms with E-state index < -0.39 is 29.6 Å². The van der Waals surface area contributed by atoms with Gasteiger partial charge in [-0.25, -0.2) is 9.48 Å². The van der Waals surface area contributed by atoms with Crippen molar-refractivity contribution in [3.05, 3.63) is 11.4 Å². The number of halogens is 3. The van der Waals surface area contributed by atoms with Crippen molar-refractivity contribution in [1.82, 2.24) is 15.0 Å². The molecule has 18 heavy (non-hydrogen) atoms. The van der Waals surface area contributed by atoms with Gasteiger partial charge in [-0.15, -0.1) is 5.10 Å². The molecule has 1 atom stereocenters. The van der Waals surface area contributed by atoms with Crippen LogP contribution in [0.25, 0.3) is 0 Å². The van der Waals surface area contributed by atoms with E-state index in [1.165, 1.54) is 0 Å². The van der Waals surface area contributed by atoms with Gasteiger partial charge in [0.15, 0.2) is 5.69 Å². The zero-order valence-corrected chi connectivity index (χ0v) is 9.15. The van der Waals surface area contributed by atoms with E-state index in [0.29, 0.717) is 24.1 Å². The number of carboxylic acid groups (broad SMARTS) is 1. The second-order valence-corrected chi connectivity index (χ2v) is 3.91. The molecule has 1 aliphatic heterocycles. The van der Waals surface area contributed by atoms with E-state index in [9.17, 15) is 18.0 Å². The standard InChI is InChI=1S/C9H10F3N3O3/c10-9(11,12)7-6(8(16)17)13-14-15(7)5-2-1-3-18-4-5/h5H,1-4H2,(H,16,17). The zero-order valence-electron chi connectivity index (χ0n) is 9.15. The third kappa shape index (κ3) is 2.30. The van der Waals surface area contributed by atoms with Crippen molar-refractivity contribution in [1.29, 1.82) is 0 Å². The summed E-state index contributed by atoms with van der Waals surface area (Å²) in [5.74, 6) is -1.75. The summed E-state index contributed by atoms with van der Waals surface area (Å²) in [6, 6.07) is -0.629. The van der Waals surface area contributed by atoms with E-state index >= 15 is 0 Å². The van der Waals surface area contributed by atoms with Crippen molar-refractivity contribution < 1.29 is 27.8 Å². The lowest BCUT2D eigenvalue weighted by atomic mass is 10.1. The Balaban J connectivity index is 2.44. The number of carboxylic acids is 1. The maximum Gasteiger partial charge on any atom is 0.435 e. The summed E-state index contributed by atoms with van der Waals surface area (Å²) < 4.78 is 44.2. The maximum absolute atomic E-state index is 12.9. The fourth-order valence-corrected chi connectivity index (χ4v) is 1.87. The fraction of sp³-hybridized carbons (Fsp3) is 0.667. The Morgan fingerprint density at radius 2 is 2.22 bits per heavy atom. The molecule has 1 aliphatic rings. The summed E-state index contributed by atoms with van der Waals surface area (Å²) >= 11 is 0. The minimum atomic E-state index is -4.81. The monoisotopic (exact) mass is 265 g/mol. The van der Waals surface area contributed by atoms with Crippen LogP contribution in [-0.2, 0) is 10.9 Å². The van der Waals surface area contributed by atoms with Gasteiger partial charge in [0.25, 0.3) is 0 Å². The van der Waals surface area contributed by atoms with E-state index in [-0.39, 0.29) is 6.61 Å². The number of aromatic carboxylic acids is 1. The van der Waals surface area contributed by atoms with E-state index in [2.05, 4.69) is 10.3 Å². The molecule has 9 heteroatoms. The number of aromatic nitrogens is 3. The van der Waals surface area contributed by atoms with Crippen LogP contribution in [0.5, 0.6) is 0 Å². The molecule has 1 fully saturated rings. The van der Waals surface area contributed by atoms with Crippen LogP contribution < -0.4 is 0 Å². The molecule has 100 valence electrons. The molecule has 2 heterocycles. The largest absolute Gasteiger partial charge is 0.476 e. The highest BCUT2D eigenvalue weighted by Crippen LogP contribution is 2.34. The Labute approximate surface area is 99.3 Å². The van der Waals surface area contributed by atoms with Crippen LogP contribution in [0.15, 0.2) is 0 Å². The lowest BCUT2D eigenvalue weighted by Gasteiger charge is -2.24. The summed E-state index contributed by atoms with van der Waals surface area (Å²) in [6.07, 6.45) is -3.76. The second kappa shape index (κ2) is 4.56. The van der Waals surface area contributed by atoms with Crippen LogP contribution in [0.4, 0.5) is 13.2 Å². The predicted molar refractivity (Wildman–Crippen MR) is 51.1 cm³/mol. The van der Waals surface area contributed by atoms with Crippen molar-refractivity contribution in [2.75, 3.05) is 13.2 Å². The van der Waals surface area contributed by atoms with Crippen molar-refractivity contribution in [3.63, 3.8) is 0 Å². The zero-order chi connectivity index (χ0) is 13.3. The van der Waals surface area contributed by atoms with Gasteiger partial charge < -0.3 is 9.84 Å². The van der Waals surface area contributed by atoms with Gasteiger partial charge >= 0.3 is 12.1 Å². The van der Waals surface area contributed by atoms with Crippen LogP contribution in [0, 0.1) is 0 Å². The molecular formula is C9H10F3N3O3. The van der Waals surface area contributed by atoms with E-state index in [4.69, 9.17) is 9.84 Å². The van der Waals surface area contributed by atoms with Crippen LogP contribution in [-0.4, -0.2) is 39.3 Å². The highest BCUT2D eigenvalue weighted by atomic mass is 19.4. The molecular weight excluding hydrogens is 255 g/mol. The van der Waals surface area contributed by atoms with Crippen molar-refractivity contribution >= 4 is 5.97 Å². The summed E-state index contributed by atoms with van der Waals surface area (Å²) in [4.78, 5) is 10.7. The lowest BCUT2D eigenvalue weighted by Crippen LogP contribution is -2.27. The summed E-state index contributed by atoms with van der Waals surface area (Å²) in [5.41, 5.74) is -2.40. The van der Waals surface area contributed by atoms with E-state index in [1.54, 1.807) is 0 Å². The average molecular weight is 265 g/mol. The van der Waals surface area contributed by atoms with Crippen molar-refractivity contribution in [2.45, 2.75) is 25.1 Å². The Kier molecular flexibility index (Phi) is 3.24. The number of rotatable bonds is 2. The minimum Gasteiger partial charge on any atom is -0.476 e. The molecule has 1 N–H and O–H groups in total. The normalized spacial score (nSPS) is 20.9. The SMILES string of the molecule is O=C(O)c1nnn(C2CCCOC2)c1C(F)(F)F. The molecule has 0 saturated carbocycles. The fourth-order valence-electron chi connectivity index (χ4n) is 1.87. The van der Waals surface area contributed by atoms with Gasteiger partial charge in [-0.2, -0.15) is 13.2 Å². The van der Waals surface area contributed by atoms with Gasteiger partial charge in [-0.1, -0.05) is 5.21 Å². The van der Waals surface area contributed by atoms with Crippen LogP contribution in [0.1, 0.15) is 35.1 Å². The first-order valence-corrected chi connectivity index (χ1v) is 5.24. The number of hydrogen-bond acceptors (Lipinski definition) is 4. The molecule has 1 aromatic heterocycles. The lowest BCUT2D eigenvalue weighted by molar-refractivity contribution is -0.146. The van der Waals surface area contributed by atoms with Gasteiger partial charge in [0.1, 0.15) is 0 Å². The first kappa shape index (κ1) is 12.8. The molecule has 1 unspecified atom stereocenters. The van der Waals surface area contributed by atoms with Gasteiger partial charge in [0.05, 0.1) is 12.6 Å². The highest BCUT2D eigenvalue weighted by molar-refractivity contribution is 5.86. The molecule has 1 aromatic rings. The van der Waals surface area contributed by atoms with Gasteiger partial charge in [0, 0.05) is 6.61 Å². The molecule has 2 rings (SSSR count). The Bertz CT molecular complexity index is 452. The second-order valence-electron chi connectivity index (χ2n) is 3.91. The molecule has 6 nitrogen and oxygen atoms in total. The van der Waals surface area contributed by atoms with Gasteiger partial charge in [-0.3, -0.25) is 0 Å². The molecule has 0 amide bonds. The predicted octanol–water partition coefficient (Wildman–Crippen LogP) is 1.35. The van der Waals surface area contributed by atoms with E-state index in [0.717, 1.165) is 0 Å². The maximum atomic E-state index is 12.9. The average Bonchev–Trinajstić information content (AvgIpc) is 2.74. The first-order chi connectivity index (χ1) is 8.41. The molecule has 0 aromatic carbocycles. The Hall–Kier alpha value is -1.64. The molecule has 0 spiro atoms. The highest BCUT2D eigenvalue weighted by Gasteiger charge is 2.43. The number of nitrogens with zero attached hydrogens (tertiary/aromatic N) is 3. The Morgan fingerprint density at radius 3 is 2.72 bits per heavy atom. The summed E-state index contributed by atoms with van der Waals surface area (Å²) in [5, 5.41) is 15.1. The topological polar surface area (TPSA) is 77.2 Å². The number of hydrogen-bond donors (Lipinski definition) is 1. The van der Waals surface area contributed by atoms with Gasteiger partial charge in [-0.05, 0) is 12.8 Å². The van der Waals surface area contributed by atoms with Crippen molar-refractivity contribution in [3.8, 4) is 0 Å². The van der Waals surface area contributed by atoms with Gasteiger partial charge in [0.2, 0.25) is 5.69 Å². The van der Waals surface area contributed by atoms with Crippen molar-refractivity contribution in [2.24, 2.45) is 0 Å². The third-order valence-corrected chi connectivity index (χ3v) is 2.65. The van der Waals surface area contributed by atoms with Crippen LogP contribution in [0.3, 0.4) is 0 Å². The molecule has 1 saturated heterocycles.